The van der Waals surface area contributed by atoms with Crippen molar-refractivity contribution < 1.29 is 28.6 Å². The fraction of sp³-hybridized carbons (Fsp3) is 0.435. The van der Waals surface area contributed by atoms with Gasteiger partial charge in [-0.1, -0.05) is 13.0 Å². The Balaban J connectivity index is 1.52. The van der Waals surface area contributed by atoms with Gasteiger partial charge < -0.3 is 19.5 Å². The third-order valence-electron chi connectivity index (χ3n) is 5.09. The molecular formula is C23H27NO6S. The van der Waals surface area contributed by atoms with Gasteiger partial charge in [0.25, 0.3) is 5.91 Å². The third kappa shape index (κ3) is 5.64. The standard InChI is InChI=1S/C23H27NO6S/c1-4-18-14(3)31-22(21(18)23(27)28-5-2)24-19(25)12-30-20(26)13-29-17-10-9-15-7-6-8-16(15)11-17/h9-11H,4-8,12-13H2,1-3H3,(H,24,25). The molecular weight excluding hydrogens is 418 g/mol. The van der Waals surface area contributed by atoms with Crippen LogP contribution >= 0.6 is 11.3 Å². The van der Waals surface area contributed by atoms with Crippen LogP contribution in [0.5, 0.6) is 5.75 Å². The number of hydrogen-bond donors (Lipinski definition) is 1. The number of nitrogens with one attached hydrogen (secondary N) is 1. The summed E-state index contributed by atoms with van der Waals surface area (Å²) in [7, 11) is 0. The Kier molecular flexibility index (Phi) is 7.68. The molecule has 0 atom stereocenters. The Morgan fingerprint density at radius 1 is 1.06 bits per heavy atom. The Morgan fingerprint density at radius 3 is 2.58 bits per heavy atom. The number of rotatable bonds is 9. The molecule has 0 saturated heterocycles. The highest BCUT2D eigenvalue weighted by atomic mass is 32.1. The highest BCUT2D eigenvalue weighted by Gasteiger charge is 2.23. The van der Waals surface area contributed by atoms with Gasteiger partial charge in [-0.15, -0.1) is 11.3 Å². The second-order valence-electron chi connectivity index (χ2n) is 7.20. The minimum absolute atomic E-state index is 0.242. The van der Waals surface area contributed by atoms with E-state index in [0.29, 0.717) is 22.7 Å². The zero-order chi connectivity index (χ0) is 22.4. The van der Waals surface area contributed by atoms with E-state index in [0.717, 1.165) is 29.7 Å². The Bertz CT molecular complexity index is 981. The Hall–Kier alpha value is -2.87. The van der Waals surface area contributed by atoms with Crippen LogP contribution in [0.4, 0.5) is 5.00 Å². The van der Waals surface area contributed by atoms with E-state index in [-0.39, 0.29) is 13.2 Å². The van der Waals surface area contributed by atoms with Crippen LogP contribution in [0.15, 0.2) is 18.2 Å². The molecule has 8 heteroatoms. The molecule has 0 aliphatic heterocycles. The van der Waals surface area contributed by atoms with Gasteiger partial charge in [0.05, 0.1) is 12.2 Å². The fourth-order valence-corrected chi connectivity index (χ4v) is 4.79. The van der Waals surface area contributed by atoms with Gasteiger partial charge in [0.15, 0.2) is 13.2 Å². The van der Waals surface area contributed by atoms with Crippen LogP contribution in [-0.4, -0.2) is 37.7 Å². The zero-order valence-corrected chi connectivity index (χ0v) is 18.9. The second kappa shape index (κ2) is 10.4. The first-order chi connectivity index (χ1) is 14.9. The van der Waals surface area contributed by atoms with Crippen LogP contribution in [0.1, 0.15) is 52.2 Å². The maximum absolute atomic E-state index is 12.3. The van der Waals surface area contributed by atoms with E-state index >= 15 is 0 Å². The molecule has 0 fully saturated rings. The van der Waals surface area contributed by atoms with Gasteiger partial charge in [0.2, 0.25) is 0 Å². The SMILES string of the molecule is CCOC(=O)c1c(NC(=O)COC(=O)COc2ccc3c(c2)CCC3)sc(C)c1CC. The lowest BCUT2D eigenvalue weighted by molar-refractivity contribution is -0.149. The summed E-state index contributed by atoms with van der Waals surface area (Å²) in [4.78, 5) is 37.5. The summed E-state index contributed by atoms with van der Waals surface area (Å²) in [6, 6.07) is 5.81. The maximum atomic E-state index is 12.3. The first kappa shape index (κ1) is 22.8. The average molecular weight is 446 g/mol. The van der Waals surface area contributed by atoms with E-state index in [4.69, 9.17) is 14.2 Å². The molecule has 0 spiro atoms. The van der Waals surface area contributed by atoms with Gasteiger partial charge >= 0.3 is 11.9 Å². The number of anilines is 1. The highest BCUT2D eigenvalue weighted by Crippen LogP contribution is 2.34. The van der Waals surface area contributed by atoms with E-state index in [1.165, 1.54) is 22.5 Å². The van der Waals surface area contributed by atoms with Gasteiger partial charge in [0, 0.05) is 4.88 Å². The minimum Gasteiger partial charge on any atom is -0.482 e. The molecule has 2 aromatic rings. The molecule has 0 radical (unpaired) electrons. The largest absolute Gasteiger partial charge is 0.482 e. The fourth-order valence-electron chi connectivity index (χ4n) is 3.64. The molecule has 1 heterocycles. The number of carbonyl (C=O) groups is 3. The summed E-state index contributed by atoms with van der Waals surface area (Å²) in [5, 5.41) is 3.07. The van der Waals surface area contributed by atoms with Crippen LogP contribution < -0.4 is 10.1 Å². The number of hydrogen-bond acceptors (Lipinski definition) is 7. The summed E-state index contributed by atoms with van der Waals surface area (Å²) in [5.41, 5.74) is 3.79. The molecule has 166 valence electrons. The molecule has 1 aromatic heterocycles. The second-order valence-corrected chi connectivity index (χ2v) is 8.42. The topological polar surface area (TPSA) is 90.9 Å². The molecule has 1 aromatic carbocycles. The lowest BCUT2D eigenvalue weighted by Gasteiger charge is -2.10. The molecule has 0 saturated carbocycles. The lowest BCUT2D eigenvalue weighted by Crippen LogP contribution is -2.24. The van der Waals surface area contributed by atoms with Crippen molar-refractivity contribution in [3.8, 4) is 5.75 Å². The van der Waals surface area contributed by atoms with Crippen molar-refractivity contribution in [3.05, 3.63) is 45.3 Å². The number of thiophene rings is 1. The van der Waals surface area contributed by atoms with Crippen LogP contribution in [0.25, 0.3) is 0 Å². The molecule has 31 heavy (non-hydrogen) atoms. The van der Waals surface area contributed by atoms with E-state index in [1.54, 1.807) is 6.92 Å². The average Bonchev–Trinajstić information content (AvgIpc) is 3.33. The predicted octanol–water partition coefficient (Wildman–Crippen LogP) is 3.85. The van der Waals surface area contributed by atoms with Crippen molar-refractivity contribution in [1.82, 2.24) is 0 Å². The van der Waals surface area contributed by atoms with E-state index in [9.17, 15) is 14.4 Å². The summed E-state index contributed by atoms with van der Waals surface area (Å²) >= 11 is 1.30. The molecule has 1 amide bonds. The number of benzene rings is 1. The first-order valence-corrected chi connectivity index (χ1v) is 11.2. The van der Waals surface area contributed by atoms with E-state index < -0.39 is 24.5 Å². The summed E-state index contributed by atoms with van der Waals surface area (Å²) in [6.07, 6.45) is 3.87. The number of esters is 2. The minimum atomic E-state index is -0.641. The lowest BCUT2D eigenvalue weighted by atomic mass is 10.1. The first-order valence-electron chi connectivity index (χ1n) is 10.4. The van der Waals surface area contributed by atoms with E-state index in [1.807, 2.05) is 32.0 Å². The van der Waals surface area contributed by atoms with Crippen molar-refractivity contribution >= 4 is 34.2 Å². The molecule has 0 unspecified atom stereocenters. The van der Waals surface area contributed by atoms with Gasteiger partial charge in [-0.05, 0) is 68.4 Å². The summed E-state index contributed by atoms with van der Waals surface area (Å²) in [5.74, 6) is -1.03. The van der Waals surface area contributed by atoms with Crippen molar-refractivity contribution in [2.45, 2.75) is 46.5 Å². The maximum Gasteiger partial charge on any atom is 0.344 e. The Morgan fingerprint density at radius 2 is 1.84 bits per heavy atom. The van der Waals surface area contributed by atoms with Crippen molar-refractivity contribution in [1.29, 1.82) is 0 Å². The Labute approximate surface area is 185 Å². The van der Waals surface area contributed by atoms with Crippen LogP contribution in [0.2, 0.25) is 0 Å². The molecule has 3 rings (SSSR count). The van der Waals surface area contributed by atoms with Crippen molar-refractivity contribution in [3.63, 3.8) is 0 Å². The number of amides is 1. The smallest absolute Gasteiger partial charge is 0.344 e. The molecule has 1 N–H and O–H groups in total. The quantitative estimate of drug-likeness (QED) is 0.590. The van der Waals surface area contributed by atoms with Gasteiger partial charge in [0.1, 0.15) is 10.8 Å². The summed E-state index contributed by atoms with van der Waals surface area (Å²) < 4.78 is 15.6. The monoisotopic (exact) mass is 445 g/mol. The van der Waals surface area contributed by atoms with Crippen molar-refractivity contribution in [2.24, 2.45) is 0 Å². The predicted molar refractivity (Wildman–Crippen MR) is 118 cm³/mol. The molecule has 1 aliphatic rings. The highest BCUT2D eigenvalue weighted by molar-refractivity contribution is 7.16. The van der Waals surface area contributed by atoms with Crippen molar-refractivity contribution in [2.75, 3.05) is 25.1 Å². The number of fused-ring (bicyclic) bond motifs is 1. The zero-order valence-electron chi connectivity index (χ0n) is 18.0. The van der Waals surface area contributed by atoms with Gasteiger partial charge in [-0.3, -0.25) is 4.79 Å². The number of ether oxygens (including phenoxy) is 3. The van der Waals surface area contributed by atoms with Crippen LogP contribution in [0.3, 0.4) is 0 Å². The van der Waals surface area contributed by atoms with E-state index in [2.05, 4.69) is 5.32 Å². The molecule has 1 aliphatic carbocycles. The van der Waals surface area contributed by atoms with Gasteiger partial charge in [-0.2, -0.15) is 0 Å². The third-order valence-corrected chi connectivity index (χ3v) is 6.15. The van der Waals surface area contributed by atoms with Gasteiger partial charge in [-0.25, -0.2) is 9.59 Å². The van der Waals surface area contributed by atoms with Crippen LogP contribution in [-0.2, 0) is 38.3 Å². The molecule has 7 nitrogen and oxygen atoms in total. The molecule has 0 bridgehead atoms. The summed E-state index contributed by atoms with van der Waals surface area (Å²) in [6.45, 7) is 5.05. The normalized spacial score (nSPS) is 12.2. The number of aryl methyl sites for hydroxylation is 3. The van der Waals surface area contributed by atoms with Crippen LogP contribution in [0, 0.1) is 6.92 Å². The number of carbonyl (C=O) groups excluding carboxylic acids is 3.